The zero-order valence-corrected chi connectivity index (χ0v) is 18.1. The third-order valence-corrected chi connectivity index (χ3v) is 5.92. The molecule has 32 heavy (non-hydrogen) atoms. The van der Waals surface area contributed by atoms with Crippen molar-refractivity contribution in [1.29, 1.82) is 5.26 Å². The predicted molar refractivity (Wildman–Crippen MR) is 125 cm³/mol. The van der Waals surface area contributed by atoms with E-state index in [0.717, 1.165) is 59.7 Å². The first-order chi connectivity index (χ1) is 15.7. The fraction of sp³-hybridized carbons (Fsp3) is 0.231. The molecule has 6 nitrogen and oxygen atoms in total. The van der Waals surface area contributed by atoms with Crippen molar-refractivity contribution >= 4 is 11.6 Å². The van der Waals surface area contributed by atoms with Crippen LogP contribution in [-0.2, 0) is 13.0 Å². The van der Waals surface area contributed by atoms with Gasteiger partial charge in [-0.3, -0.25) is 0 Å². The summed E-state index contributed by atoms with van der Waals surface area (Å²) >= 11 is 0. The molecule has 3 heterocycles. The number of rotatable bonds is 4. The fourth-order valence-electron chi connectivity index (χ4n) is 4.24. The van der Waals surface area contributed by atoms with Crippen LogP contribution in [0.3, 0.4) is 0 Å². The molecule has 2 aromatic carbocycles. The summed E-state index contributed by atoms with van der Waals surface area (Å²) in [5.74, 6) is 1.62. The number of aromatic nitrogens is 5. The number of nitrogens with zero attached hydrogens (tertiary/aromatic N) is 6. The monoisotopic (exact) mass is 420 g/mol. The summed E-state index contributed by atoms with van der Waals surface area (Å²) in [5.41, 5.74) is 5.36. The molecule has 158 valence electrons. The molecule has 5 rings (SSSR count). The molecule has 1 aliphatic rings. The first-order valence-corrected chi connectivity index (χ1v) is 11.0. The van der Waals surface area contributed by atoms with Gasteiger partial charge in [0.1, 0.15) is 11.9 Å². The maximum absolute atomic E-state index is 10.0. The molecule has 0 unspecified atom stereocenters. The molecule has 0 spiro atoms. The molecule has 0 amide bonds. The minimum absolute atomic E-state index is 0.507. The van der Waals surface area contributed by atoms with Gasteiger partial charge in [-0.05, 0) is 37.5 Å². The summed E-state index contributed by atoms with van der Waals surface area (Å²) in [7, 11) is 0. The molecule has 0 aliphatic carbocycles. The second-order valence-corrected chi connectivity index (χ2v) is 8.10. The molecule has 0 fully saturated rings. The molecule has 1 aliphatic heterocycles. The van der Waals surface area contributed by atoms with Crippen molar-refractivity contribution in [2.75, 3.05) is 0 Å². The quantitative estimate of drug-likeness (QED) is 0.424. The van der Waals surface area contributed by atoms with Crippen LogP contribution in [0.1, 0.15) is 42.0 Å². The number of fused-ring (bicyclic) bond motifs is 1. The van der Waals surface area contributed by atoms with E-state index < -0.39 is 0 Å². The molecular formula is C26H24N6. The van der Waals surface area contributed by atoms with Crippen molar-refractivity contribution in [3.8, 4) is 23.0 Å². The molecule has 0 saturated carbocycles. The van der Waals surface area contributed by atoms with Gasteiger partial charge in [0.2, 0.25) is 0 Å². The average molecular weight is 421 g/mol. The lowest BCUT2D eigenvalue weighted by atomic mass is 10.1. The maximum Gasteiger partial charge on any atom is 0.174 e. The summed E-state index contributed by atoms with van der Waals surface area (Å²) in [6.45, 7) is 2.92. The van der Waals surface area contributed by atoms with Gasteiger partial charge in [-0.2, -0.15) is 10.4 Å². The summed E-state index contributed by atoms with van der Waals surface area (Å²) in [4.78, 5) is 0. The number of aryl methyl sites for hydroxylation is 2. The van der Waals surface area contributed by atoms with Crippen molar-refractivity contribution in [3.63, 3.8) is 0 Å². The van der Waals surface area contributed by atoms with Gasteiger partial charge < -0.3 is 4.57 Å². The Hall–Kier alpha value is -3.98. The van der Waals surface area contributed by atoms with Crippen LogP contribution in [0.15, 0.2) is 60.8 Å². The number of hydrogen-bond donors (Lipinski definition) is 0. The van der Waals surface area contributed by atoms with Crippen molar-refractivity contribution in [2.24, 2.45) is 0 Å². The molecule has 0 saturated heterocycles. The van der Waals surface area contributed by atoms with Crippen molar-refractivity contribution in [3.05, 3.63) is 83.6 Å². The summed E-state index contributed by atoms with van der Waals surface area (Å²) in [6, 6.07) is 20.6. The number of nitriles is 1. The smallest absolute Gasteiger partial charge is 0.174 e. The largest absolute Gasteiger partial charge is 0.310 e. The summed E-state index contributed by atoms with van der Waals surface area (Å²) in [5, 5.41) is 23.7. The highest BCUT2D eigenvalue weighted by Gasteiger charge is 2.19. The van der Waals surface area contributed by atoms with Gasteiger partial charge in [0.25, 0.3) is 0 Å². The Morgan fingerprint density at radius 1 is 1.00 bits per heavy atom. The van der Waals surface area contributed by atoms with E-state index in [4.69, 9.17) is 5.10 Å². The number of benzene rings is 2. The Morgan fingerprint density at radius 3 is 2.62 bits per heavy atom. The predicted octanol–water partition coefficient (Wildman–Crippen LogP) is 5.23. The minimum Gasteiger partial charge on any atom is -0.310 e. The van der Waals surface area contributed by atoms with Crippen LogP contribution in [0, 0.1) is 18.3 Å². The first kappa shape index (κ1) is 20.0. The lowest BCUT2D eigenvalue weighted by Crippen LogP contribution is -2.05. The Balaban J connectivity index is 1.65. The standard InChI is InChI=1S/C26H24N6/c1-19-10-7-8-13-23(19)32-18-22(25(30-32)20-11-4-2-5-12-20)16-21(17-27)26-29-28-24-14-6-3-9-15-31(24)26/h2,4-5,7-8,10-13,16,18H,3,6,9,14-15H2,1H3/b21-16+. The number of hydrogen-bond acceptors (Lipinski definition) is 4. The van der Waals surface area contributed by atoms with E-state index in [2.05, 4.69) is 33.8 Å². The van der Waals surface area contributed by atoms with E-state index in [1.54, 1.807) is 0 Å². The zero-order valence-electron chi connectivity index (χ0n) is 18.1. The molecule has 0 radical (unpaired) electrons. The SMILES string of the molecule is Cc1ccccc1-n1cc(/C=C(\C#N)c2nnc3n2CCCCC3)c(-c2ccccc2)n1. The van der Waals surface area contributed by atoms with Gasteiger partial charge in [-0.1, -0.05) is 55.0 Å². The second-order valence-electron chi connectivity index (χ2n) is 8.10. The molecule has 4 aromatic rings. The van der Waals surface area contributed by atoms with Crippen LogP contribution in [0.2, 0.25) is 0 Å². The Labute approximate surface area is 187 Å². The normalized spacial score (nSPS) is 13.9. The van der Waals surface area contributed by atoms with Crippen LogP contribution in [-0.4, -0.2) is 24.5 Å². The lowest BCUT2D eigenvalue weighted by Gasteiger charge is -2.06. The third kappa shape index (κ3) is 3.74. The van der Waals surface area contributed by atoms with Crippen molar-refractivity contribution in [1.82, 2.24) is 24.5 Å². The van der Waals surface area contributed by atoms with Gasteiger partial charge in [0, 0.05) is 30.3 Å². The van der Waals surface area contributed by atoms with Gasteiger partial charge in [0.05, 0.1) is 17.0 Å². The Kier molecular flexibility index (Phi) is 5.39. The van der Waals surface area contributed by atoms with Gasteiger partial charge in [-0.15, -0.1) is 10.2 Å². The highest BCUT2D eigenvalue weighted by Crippen LogP contribution is 2.28. The zero-order chi connectivity index (χ0) is 21.9. The second kappa shape index (κ2) is 8.64. The van der Waals surface area contributed by atoms with E-state index in [9.17, 15) is 5.26 Å². The third-order valence-electron chi connectivity index (χ3n) is 5.92. The number of allylic oxidation sites excluding steroid dienone is 1. The van der Waals surface area contributed by atoms with Crippen molar-refractivity contribution < 1.29 is 0 Å². The first-order valence-electron chi connectivity index (χ1n) is 11.0. The molecule has 0 bridgehead atoms. The highest BCUT2D eigenvalue weighted by atomic mass is 15.3. The number of para-hydroxylation sites is 1. The summed E-state index contributed by atoms with van der Waals surface area (Å²) in [6.07, 6.45) is 8.16. The van der Waals surface area contributed by atoms with Gasteiger partial charge >= 0.3 is 0 Å². The van der Waals surface area contributed by atoms with Crippen LogP contribution in [0.25, 0.3) is 28.6 Å². The molecular weight excluding hydrogens is 396 g/mol. The molecule has 2 aromatic heterocycles. The van der Waals surface area contributed by atoms with Gasteiger partial charge in [0.15, 0.2) is 5.82 Å². The van der Waals surface area contributed by atoms with Crippen LogP contribution < -0.4 is 0 Å². The van der Waals surface area contributed by atoms with Crippen molar-refractivity contribution in [2.45, 2.75) is 39.2 Å². The van der Waals surface area contributed by atoms with Crippen LogP contribution >= 0.6 is 0 Å². The average Bonchev–Trinajstić information content (AvgIpc) is 3.35. The Bertz CT molecular complexity index is 1320. The summed E-state index contributed by atoms with van der Waals surface area (Å²) < 4.78 is 4.00. The molecule has 0 N–H and O–H groups in total. The Morgan fingerprint density at radius 2 is 1.81 bits per heavy atom. The lowest BCUT2D eigenvalue weighted by molar-refractivity contribution is 0.627. The van der Waals surface area contributed by atoms with Crippen LogP contribution in [0.5, 0.6) is 0 Å². The fourth-order valence-corrected chi connectivity index (χ4v) is 4.24. The van der Waals surface area contributed by atoms with E-state index in [0.29, 0.717) is 11.4 Å². The maximum atomic E-state index is 10.0. The topological polar surface area (TPSA) is 72.3 Å². The van der Waals surface area contributed by atoms with Gasteiger partial charge in [-0.25, -0.2) is 4.68 Å². The van der Waals surface area contributed by atoms with E-state index in [1.165, 1.54) is 6.42 Å². The molecule has 0 atom stereocenters. The van der Waals surface area contributed by atoms with E-state index in [1.807, 2.05) is 65.5 Å². The minimum atomic E-state index is 0.507. The van der Waals surface area contributed by atoms with E-state index >= 15 is 0 Å². The molecule has 6 heteroatoms. The van der Waals surface area contributed by atoms with E-state index in [-0.39, 0.29) is 0 Å². The highest BCUT2D eigenvalue weighted by molar-refractivity contribution is 5.90. The van der Waals surface area contributed by atoms with Crippen LogP contribution in [0.4, 0.5) is 0 Å².